The monoisotopic (exact) mass is 182 g/mol. The van der Waals surface area contributed by atoms with Crippen LogP contribution in [0.1, 0.15) is 46.0 Å². The Morgan fingerprint density at radius 1 is 1.31 bits per heavy atom. The summed E-state index contributed by atoms with van der Waals surface area (Å²) in [4.78, 5) is 0. The number of aliphatic hydroxyl groups excluding tert-OH is 1. The Hall–Kier alpha value is -0.0400. The highest BCUT2D eigenvalue weighted by atomic mass is 16.2. The third kappa shape index (κ3) is 1.41. The van der Waals surface area contributed by atoms with Crippen LogP contribution in [0.25, 0.3) is 0 Å². The van der Waals surface area contributed by atoms with Gasteiger partial charge in [-0.3, -0.25) is 0 Å². The highest BCUT2D eigenvalue weighted by molar-refractivity contribution is 5.01. The molecule has 2 aliphatic carbocycles. The second-order valence-electron chi connectivity index (χ2n) is 5.56. The van der Waals surface area contributed by atoms with E-state index in [0.717, 1.165) is 24.2 Å². The number of rotatable bonds is 3. The van der Waals surface area contributed by atoms with Crippen molar-refractivity contribution in [1.82, 2.24) is 0 Å². The number of hydrogen-bond donors (Lipinski definition) is 1. The predicted molar refractivity (Wildman–Crippen MR) is 54.4 cm³/mol. The van der Waals surface area contributed by atoms with E-state index in [9.17, 15) is 0 Å². The van der Waals surface area contributed by atoms with E-state index >= 15 is 0 Å². The van der Waals surface area contributed by atoms with Crippen molar-refractivity contribution in [2.75, 3.05) is 6.61 Å². The van der Waals surface area contributed by atoms with E-state index in [-0.39, 0.29) is 0 Å². The summed E-state index contributed by atoms with van der Waals surface area (Å²) in [5, 5.41) is 8.87. The van der Waals surface area contributed by atoms with E-state index < -0.39 is 0 Å². The molecule has 2 fully saturated rings. The van der Waals surface area contributed by atoms with E-state index in [1.165, 1.54) is 25.7 Å². The van der Waals surface area contributed by atoms with Crippen LogP contribution in [0.3, 0.4) is 0 Å². The summed E-state index contributed by atoms with van der Waals surface area (Å²) in [5.41, 5.74) is 0.568. The van der Waals surface area contributed by atoms with Gasteiger partial charge in [0.05, 0.1) is 0 Å². The summed E-state index contributed by atoms with van der Waals surface area (Å²) in [6, 6.07) is 0. The van der Waals surface area contributed by atoms with E-state index in [1.54, 1.807) is 0 Å². The van der Waals surface area contributed by atoms with Gasteiger partial charge in [0.15, 0.2) is 0 Å². The summed E-state index contributed by atoms with van der Waals surface area (Å²) < 4.78 is 0. The van der Waals surface area contributed by atoms with Crippen molar-refractivity contribution in [2.24, 2.45) is 23.2 Å². The van der Waals surface area contributed by atoms with Crippen molar-refractivity contribution in [3.05, 3.63) is 0 Å². The topological polar surface area (TPSA) is 20.2 Å². The molecule has 0 heterocycles. The van der Waals surface area contributed by atoms with Crippen LogP contribution < -0.4 is 0 Å². The van der Waals surface area contributed by atoms with E-state index in [4.69, 9.17) is 5.11 Å². The number of aliphatic hydroxyl groups is 1. The summed E-state index contributed by atoms with van der Waals surface area (Å²) >= 11 is 0. The lowest BCUT2D eigenvalue weighted by molar-refractivity contribution is 0.106. The molecule has 0 aliphatic heterocycles. The van der Waals surface area contributed by atoms with Crippen LogP contribution in [-0.4, -0.2) is 11.7 Å². The number of fused-ring (bicyclic) bond motifs is 2. The largest absolute Gasteiger partial charge is 0.396 e. The molecule has 2 bridgehead atoms. The Labute approximate surface area is 81.5 Å². The van der Waals surface area contributed by atoms with Gasteiger partial charge >= 0.3 is 0 Å². The first-order valence-corrected chi connectivity index (χ1v) is 5.77. The zero-order valence-electron chi connectivity index (χ0n) is 8.92. The molecule has 1 nitrogen and oxygen atoms in total. The molecule has 1 N–H and O–H groups in total. The zero-order valence-corrected chi connectivity index (χ0v) is 8.92. The van der Waals surface area contributed by atoms with Crippen LogP contribution in [0.15, 0.2) is 0 Å². The van der Waals surface area contributed by atoms with Crippen molar-refractivity contribution in [3.8, 4) is 0 Å². The van der Waals surface area contributed by atoms with Crippen LogP contribution >= 0.6 is 0 Å². The Bertz CT molecular complexity index is 186. The van der Waals surface area contributed by atoms with Gasteiger partial charge in [-0.1, -0.05) is 13.8 Å². The standard InChI is InChI=1S/C12H22O/c1-12(2)10-6-5-9(8-10)11(12)4-3-7-13/h9-11,13H,3-8H2,1-2H3/t9-,10-,11-/m0/s1. The Morgan fingerprint density at radius 2 is 2.08 bits per heavy atom. The zero-order chi connectivity index (χ0) is 9.47. The fourth-order valence-corrected chi connectivity index (χ4v) is 3.89. The maximum absolute atomic E-state index is 8.87. The summed E-state index contributed by atoms with van der Waals surface area (Å²) in [6.07, 6.45) is 6.67. The molecule has 2 saturated carbocycles. The van der Waals surface area contributed by atoms with E-state index in [2.05, 4.69) is 13.8 Å². The molecule has 0 aromatic rings. The van der Waals surface area contributed by atoms with Gasteiger partial charge in [0, 0.05) is 6.61 Å². The third-order valence-electron chi connectivity index (χ3n) is 4.72. The van der Waals surface area contributed by atoms with Gasteiger partial charge in [-0.2, -0.15) is 0 Å². The normalized spacial score (nSPS) is 41.3. The van der Waals surface area contributed by atoms with Crippen LogP contribution in [0.2, 0.25) is 0 Å². The van der Waals surface area contributed by atoms with Gasteiger partial charge in [-0.25, -0.2) is 0 Å². The first-order valence-electron chi connectivity index (χ1n) is 5.77. The van der Waals surface area contributed by atoms with Crippen molar-refractivity contribution in [3.63, 3.8) is 0 Å². The lowest BCUT2D eigenvalue weighted by Crippen LogP contribution is -2.30. The third-order valence-corrected chi connectivity index (χ3v) is 4.72. The minimum absolute atomic E-state index is 0.379. The summed E-state index contributed by atoms with van der Waals surface area (Å²) in [5.74, 6) is 2.88. The molecule has 2 rings (SSSR count). The highest BCUT2D eigenvalue weighted by Gasteiger charge is 2.51. The van der Waals surface area contributed by atoms with E-state index in [0.29, 0.717) is 12.0 Å². The maximum atomic E-state index is 8.87. The molecule has 0 radical (unpaired) electrons. The summed E-state index contributed by atoms with van der Waals surface area (Å²) in [6.45, 7) is 5.27. The quantitative estimate of drug-likeness (QED) is 0.711. The molecular formula is C12H22O. The number of hydrogen-bond acceptors (Lipinski definition) is 1. The second kappa shape index (κ2) is 3.27. The molecule has 2 aliphatic rings. The van der Waals surface area contributed by atoms with Crippen LogP contribution in [-0.2, 0) is 0 Å². The predicted octanol–water partition coefficient (Wildman–Crippen LogP) is 2.83. The minimum Gasteiger partial charge on any atom is -0.396 e. The first kappa shape index (κ1) is 9.51. The van der Waals surface area contributed by atoms with Crippen LogP contribution in [0.5, 0.6) is 0 Å². The fraction of sp³-hybridized carbons (Fsp3) is 1.00. The SMILES string of the molecule is CC1(C)[C@H]2CC[C@@H](C2)[C@@H]1CCCO. The fourth-order valence-electron chi connectivity index (χ4n) is 3.89. The van der Waals surface area contributed by atoms with Gasteiger partial charge in [0.25, 0.3) is 0 Å². The van der Waals surface area contributed by atoms with Gasteiger partial charge in [0.2, 0.25) is 0 Å². The molecule has 13 heavy (non-hydrogen) atoms. The lowest BCUT2D eigenvalue weighted by Gasteiger charge is -2.38. The van der Waals surface area contributed by atoms with E-state index in [1.807, 2.05) is 0 Å². The van der Waals surface area contributed by atoms with Crippen molar-refractivity contribution in [1.29, 1.82) is 0 Å². The van der Waals surface area contributed by atoms with Crippen LogP contribution in [0, 0.1) is 23.2 Å². The molecule has 0 spiro atoms. The van der Waals surface area contributed by atoms with Gasteiger partial charge in [-0.05, 0) is 55.3 Å². The molecular weight excluding hydrogens is 160 g/mol. The van der Waals surface area contributed by atoms with Gasteiger partial charge < -0.3 is 5.11 Å². The average Bonchev–Trinajstić information content (AvgIpc) is 2.60. The molecule has 0 aromatic heterocycles. The van der Waals surface area contributed by atoms with Gasteiger partial charge in [0.1, 0.15) is 0 Å². The minimum atomic E-state index is 0.379. The second-order valence-corrected chi connectivity index (χ2v) is 5.56. The molecule has 1 heteroatoms. The van der Waals surface area contributed by atoms with Gasteiger partial charge in [-0.15, -0.1) is 0 Å². The Morgan fingerprint density at radius 3 is 2.62 bits per heavy atom. The molecule has 0 unspecified atom stereocenters. The smallest absolute Gasteiger partial charge is 0.0431 e. The van der Waals surface area contributed by atoms with Crippen LogP contribution in [0.4, 0.5) is 0 Å². The molecule has 0 aromatic carbocycles. The summed E-state index contributed by atoms with van der Waals surface area (Å²) in [7, 11) is 0. The Kier molecular flexibility index (Phi) is 2.39. The molecule has 76 valence electrons. The Balaban J connectivity index is 2.01. The van der Waals surface area contributed by atoms with Crippen molar-refractivity contribution < 1.29 is 5.11 Å². The molecule has 0 saturated heterocycles. The molecule has 3 atom stereocenters. The van der Waals surface area contributed by atoms with Crippen molar-refractivity contribution >= 4 is 0 Å². The lowest BCUT2D eigenvalue weighted by atomic mass is 9.67. The highest BCUT2D eigenvalue weighted by Crippen LogP contribution is 2.60. The van der Waals surface area contributed by atoms with Crippen molar-refractivity contribution in [2.45, 2.75) is 46.0 Å². The maximum Gasteiger partial charge on any atom is 0.0431 e. The average molecular weight is 182 g/mol. The first-order chi connectivity index (χ1) is 6.16. The molecule has 0 amide bonds.